The largest absolute Gasteiger partial charge is 0.493 e. The molecule has 1 heterocycles. The summed E-state index contributed by atoms with van der Waals surface area (Å²) in [5.74, 6) is 1.59. The Morgan fingerprint density at radius 3 is 2.62 bits per heavy atom. The summed E-state index contributed by atoms with van der Waals surface area (Å²) >= 11 is 0. The number of ether oxygens (including phenoxy) is 1. The summed E-state index contributed by atoms with van der Waals surface area (Å²) in [5.41, 5.74) is 2.34. The van der Waals surface area contributed by atoms with Crippen LogP contribution in [0.1, 0.15) is 47.6 Å². The zero-order valence-electron chi connectivity index (χ0n) is 15.3. The molecule has 0 fully saturated rings. The van der Waals surface area contributed by atoms with Gasteiger partial charge in [-0.15, -0.1) is 0 Å². The molecule has 6 nitrogen and oxygen atoms in total. The average molecular weight is 376 g/mol. The van der Waals surface area contributed by atoms with E-state index in [2.05, 4.69) is 19.0 Å². The molecule has 1 unspecified atom stereocenters. The Balaban J connectivity index is 1.67. The molecular formula is C19H24N2O4S. The Hall–Kier alpha value is -2.15. The first-order chi connectivity index (χ1) is 12.1. The maximum atomic E-state index is 12.5. The zero-order valence-corrected chi connectivity index (χ0v) is 16.1. The molecule has 1 aromatic carbocycles. The average Bonchev–Trinajstić information content (AvgIpc) is 2.89. The number of hydrogen-bond donors (Lipinski definition) is 1. The smallest absolute Gasteiger partial charge is 0.168 e. The number of rotatable bonds is 6. The minimum absolute atomic E-state index is 0.0713. The van der Waals surface area contributed by atoms with Crippen LogP contribution in [-0.4, -0.2) is 33.8 Å². The molecule has 0 saturated heterocycles. The van der Waals surface area contributed by atoms with Crippen LogP contribution in [-0.2, 0) is 22.6 Å². The highest BCUT2D eigenvalue weighted by Gasteiger charge is 2.35. The minimum Gasteiger partial charge on any atom is -0.493 e. The monoisotopic (exact) mass is 376 g/mol. The number of nitrogens with zero attached hydrogens (tertiary/aromatic N) is 1. The van der Waals surface area contributed by atoms with Crippen molar-refractivity contribution in [3.05, 3.63) is 46.8 Å². The van der Waals surface area contributed by atoms with Crippen LogP contribution in [0.25, 0.3) is 0 Å². The quantitative estimate of drug-likeness (QED) is 0.833. The Morgan fingerprint density at radius 1 is 1.27 bits per heavy atom. The number of carbonyl (C=O) groups is 1. The Labute approximate surface area is 153 Å². The number of benzene rings is 1. The van der Waals surface area contributed by atoms with E-state index in [9.17, 15) is 9.00 Å². The van der Waals surface area contributed by atoms with Crippen LogP contribution in [0.4, 0.5) is 0 Å². The lowest BCUT2D eigenvalue weighted by Crippen LogP contribution is -2.27. The van der Waals surface area contributed by atoms with Gasteiger partial charge in [0.1, 0.15) is 12.4 Å². The summed E-state index contributed by atoms with van der Waals surface area (Å²) in [5, 5.41) is 4.11. The number of hydrogen-bond acceptors (Lipinski definition) is 6. The molecule has 1 atom stereocenters. The van der Waals surface area contributed by atoms with Gasteiger partial charge < -0.3 is 9.26 Å². The first kappa shape index (κ1) is 18.6. The van der Waals surface area contributed by atoms with E-state index >= 15 is 0 Å². The first-order valence-corrected chi connectivity index (χ1v) is 10.7. The van der Waals surface area contributed by atoms with Crippen molar-refractivity contribution in [1.29, 1.82) is 4.78 Å². The summed E-state index contributed by atoms with van der Waals surface area (Å²) in [7, 11) is -2.54. The molecule has 0 amide bonds. The molecule has 26 heavy (non-hydrogen) atoms. The predicted molar refractivity (Wildman–Crippen MR) is 99.3 cm³/mol. The van der Waals surface area contributed by atoms with Gasteiger partial charge in [-0.1, -0.05) is 31.1 Å². The summed E-state index contributed by atoms with van der Waals surface area (Å²) in [6, 6.07) is 7.46. The van der Waals surface area contributed by atoms with Crippen LogP contribution in [0.5, 0.6) is 5.75 Å². The van der Waals surface area contributed by atoms with Gasteiger partial charge in [0, 0.05) is 28.8 Å². The topological polar surface area (TPSA) is 93.2 Å². The van der Waals surface area contributed by atoms with Crippen LogP contribution >= 0.6 is 0 Å². The van der Waals surface area contributed by atoms with E-state index in [1.807, 2.05) is 24.3 Å². The van der Waals surface area contributed by atoms with Crippen molar-refractivity contribution in [2.45, 2.75) is 33.1 Å². The van der Waals surface area contributed by atoms with Crippen molar-refractivity contribution < 1.29 is 18.3 Å². The van der Waals surface area contributed by atoms with Crippen molar-refractivity contribution >= 4 is 15.5 Å². The molecule has 2 aromatic rings. The van der Waals surface area contributed by atoms with Gasteiger partial charge in [0.2, 0.25) is 0 Å². The molecule has 1 aliphatic carbocycles. The summed E-state index contributed by atoms with van der Waals surface area (Å²) in [6.45, 7) is 4.38. The van der Waals surface area contributed by atoms with E-state index in [0.717, 1.165) is 17.7 Å². The van der Waals surface area contributed by atoms with Crippen LogP contribution in [0.3, 0.4) is 0 Å². The van der Waals surface area contributed by atoms with Crippen LogP contribution in [0, 0.1) is 10.2 Å². The van der Waals surface area contributed by atoms with E-state index in [1.165, 1.54) is 6.26 Å². The van der Waals surface area contributed by atoms with Crippen molar-refractivity contribution in [3.63, 3.8) is 0 Å². The maximum Gasteiger partial charge on any atom is 0.168 e. The number of aromatic nitrogens is 1. The van der Waals surface area contributed by atoms with Gasteiger partial charge in [-0.2, -0.15) is 0 Å². The fourth-order valence-corrected chi connectivity index (χ4v) is 3.57. The van der Waals surface area contributed by atoms with Gasteiger partial charge in [-0.05, 0) is 29.5 Å². The first-order valence-electron chi connectivity index (χ1n) is 8.57. The van der Waals surface area contributed by atoms with Crippen molar-refractivity contribution in [2.75, 3.05) is 18.6 Å². The summed E-state index contributed by atoms with van der Waals surface area (Å²) < 4.78 is 29.7. The van der Waals surface area contributed by atoms with Gasteiger partial charge in [-0.3, -0.25) is 13.8 Å². The normalized spacial score (nSPS) is 18.2. The molecule has 0 bridgehead atoms. The van der Waals surface area contributed by atoms with Gasteiger partial charge in [0.15, 0.2) is 11.5 Å². The maximum absolute atomic E-state index is 12.5. The number of Topliss-reactive ketones (excluding diaryl/α,β-unsaturated/α-hetero) is 1. The lowest BCUT2D eigenvalue weighted by molar-refractivity contribution is 0.0911. The van der Waals surface area contributed by atoms with Gasteiger partial charge in [0.25, 0.3) is 0 Å². The SMILES string of the molecule is CC1(C)CC(=O)c2c(noc2Cc2ccc(OCCS(C)(=N)=O)cc2)C1. The Morgan fingerprint density at radius 2 is 1.96 bits per heavy atom. The summed E-state index contributed by atoms with van der Waals surface area (Å²) in [6.07, 6.45) is 3.17. The Kier molecular flexibility index (Phi) is 4.92. The van der Waals surface area contributed by atoms with E-state index < -0.39 is 9.73 Å². The highest BCUT2D eigenvalue weighted by Crippen LogP contribution is 2.36. The molecule has 1 N–H and O–H groups in total. The third-order valence-corrected chi connectivity index (χ3v) is 5.37. The van der Waals surface area contributed by atoms with Gasteiger partial charge in [-0.25, -0.2) is 0 Å². The second-order valence-electron chi connectivity index (χ2n) is 7.75. The molecule has 0 radical (unpaired) electrons. The number of fused-ring (bicyclic) bond motifs is 1. The number of ketones is 1. The second kappa shape index (κ2) is 6.87. The van der Waals surface area contributed by atoms with E-state index in [4.69, 9.17) is 14.0 Å². The van der Waals surface area contributed by atoms with E-state index in [0.29, 0.717) is 29.9 Å². The van der Waals surface area contributed by atoms with Crippen LogP contribution in [0.15, 0.2) is 28.8 Å². The molecule has 0 saturated carbocycles. The van der Waals surface area contributed by atoms with E-state index in [1.54, 1.807) is 0 Å². The second-order valence-corrected chi connectivity index (χ2v) is 10.2. The molecular weight excluding hydrogens is 352 g/mol. The van der Waals surface area contributed by atoms with Gasteiger partial charge >= 0.3 is 0 Å². The lowest BCUT2D eigenvalue weighted by atomic mass is 9.75. The van der Waals surface area contributed by atoms with Crippen molar-refractivity contribution in [1.82, 2.24) is 5.16 Å². The Bertz CT molecular complexity index is 912. The number of nitrogens with one attached hydrogen (secondary N) is 1. The number of carbonyl (C=O) groups excluding carboxylic acids is 1. The minimum atomic E-state index is -2.54. The fraction of sp³-hybridized carbons (Fsp3) is 0.474. The highest BCUT2D eigenvalue weighted by atomic mass is 32.2. The van der Waals surface area contributed by atoms with Gasteiger partial charge in [0.05, 0.1) is 17.0 Å². The third kappa shape index (κ3) is 4.52. The molecule has 1 aromatic heterocycles. The molecule has 0 aliphatic heterocycles. The molecule has 0 spiro atoms. The van der Waals surface area contributed by atoms with Crippen LogP contribution in [0.2, 0.25) is 0 Å². The summed E-state index contributed by atoms with van der Waals surface area (Å²) in [4.78, 5) is 12.5. The van der Waals surface area contributed by atoms with Crippen LogP contribution < -0.4 is 4.74 Å². The highest BCUT2D eigenvalue weighted by molar-refractivity contribution is 7.91. The molecule has 3 rings (SSSR count). The van der Waals surface area contributed by atoms with Crippen molar-refractivity contribution in [2.24, 2.45) is 5.41 Å². The third-order valence-electron chi connectivity index (χ3n) is 4.43. The van der Waals surface area contributed by atoms with E-state index in [-0.39, 0.29) is 23.6 Å². The fourth-order valence-electron chi connectivity index (χ4n) is 3.17. The zero-order chi connectivity index (χ0) is 18.9. The molecule has 7 heteroatoms. The standard InChI is InChI=1S/C19H24N2O4S/c1-19(2)11-15-18(16(22)12-19)17(25-21-15)10-13-4-6-14(7-5-13)24-8-9-26(3,20)23/h4-7,20H,8-12H2,1-3H3. The molecule has 140 valence electrons. The predicted octanol–water partition coefficient (Wildman–Crippen LogP) is 3.48. The van der Waals surface area contributed by atoms with Crippen molar-refractivity contribution in [3.8, 4) is 5.75 Å². The molecule has 1 aliphatic rings. The lowest BCUT2D eigenvalue weighted by Gasteiger charge is -2.26.